The van der Waals surface area contributed by atoms with Crippen LogP contribution in [0.4, 0.5) is 0 Å². The molecule has 0 radical (unpaired) electrons. The van der Waals surface area contributed by atoms with Crippen LogP contribution < -0.4 is 0 Å². The molecule has 0 aliphatic rings. The second kappa shape index (κ2) is 4.42. The third-order valence-electron chi connectivity index (χ3n) is 2.92. The molecule has 88 valence electrons. The lowest BCUT2D eigenvalue weighted by molar-refractivity contribution is 0.0964. The summed E-state index contributed by atoms with van der Waals surface area (Å²) in [5.74, 6) is -0.0244. The Labute approximate surface area is 113 Å². The largest absolute Gasteiger partial charge is 0.283 e. The Morgan fingerprint density at radius 3 is 2.50 bits per heavy atom. The molecule has 0 atom stereocenters. The van der Waals surface area contributed by atoms with Crippen molar-refractivity contribution in [2.75, 3.05) is 0 Å². The summed E-state index contributed by atoms with van der Waals surface area (Å²) in [5.41, 5.74) is 1.59. The lowest BCUT2D eigenvalue weighted by atomic mass is 10.2. The van der Waals surface area contributed by atoms with Crippen LogP contribution in [0.25, 0.3) is 10.9 Å². The van der Waals surface area contributed by atoms with Crippen molar-refractivity contribution in [1.82, 2.24) is 4.57 Å². The molecular formula is C15H10BrNO. The molecule has 0 unspecified atom stereocenters. The van der Waals surface area contributed by atoms with Crippen LogP contribution in [0.2, 0.25) is 0 Å². The van der Waals surface area contributed by atoms with Gasteiger partial charge in [-0.1, -0.05) is 30.3 Å². The first-order valence-corrected chi connectivity index (χ1v) is 6.42. The van der Waals surface area contributed by atoms with E-state index in [4.69, 9.17) is 0 Å². The van der Waals surface area contributed by atoms with E-state index in [0.717, 1.165) is 15.4 Å². The molecule has 2 aromatic carbocycles. The van der Waals surface area contributed by atoms with Crippen LogP contribution in [0.5, 0.6) is 0 Å². The Hall–Kier alpha value is -1.87. The monoisotopic (exact) mass is 299 g/mol. The smallest absolute Gasteiger partial charge is 0.263 e. The summed E-state index contributed by atoms with van der Waals surface area (Å²) in [6, 6.07) is 17.3. The molecule has 0 bridgehead atoms. The highest BCUT2D eigenvalue weighted by Crippen LogP contribution is 2.21. The number of rotatable bonds is 1. The number of carbonyl (C=O) groups is 1. The summed E-state index contributed by atoms with van der Waals surface area (Å²) in [7, 11) is 0. The average molecular weight is 300 g/mol. The Morgan fingerprint density at radius 1 is 0.944 bits per heavy atom. The van der Waals surface area contributed by atoms with E-state index < -0.39 is 0 Å². The first kappa shape index (κ1) is 11.2. The SMILES string of the molecule is O=C(c1ccccc1Br)n1ccc2ccccc21. The molecule has 0 saturated heterocycles. The molecule has 0 aliphatic heterocycles. The number of nitrogens with zero attached hydrogens (tertiary/aromatic N) is 1. The minimum atomic E-state index is -0.0244. The van der Waals surface area contributed by atoms with Gasteiger partial charge in [-0.3, -0.25) is 9.36 Å². The van der Waals surface area contributed by atoms with E-state index in [1.54, 1.807) is 4.57 Å². The van der Waals surface area contributed by atoms with Crippen LogP contribution in [-0.4, -0.2) is 10.5 Å². The Bertz CT molecular complexity index is 730. The number of benzene rings is 2. The highest BCUT2D eigenvalue weighted by atomic mass is 79.9. The summed E-state index contributed by atoms with van der Waals surface area (Å²) in [6.07, 6.45) is 1.81. The van der Waals surface area contributed by atoms with Crippen LogP contribution in [0.15, 0.2) is 65.3 Å². The van der Waals surface area contributed by atoms with Crippen LogP contribution in [0.3, 0.4) is 0 Å². The first-order valence-electron chi connectivity index (χ1n) is 5.63. The number of hydrogen-bond donors (Lipinski definition) is 0. The molecular weight excluding hydrogens is 290 g/mol. The van der Waals surface area contributed by atoms with Gasteiger partial charge in [0.1, 0.15) is 0 Å². The Balaban J connectivity index is 2.16. The fourth-order valence-corrected chi connectivity index (χ4v) is 2.48. The maximum absolute atomic E-state index is 12.5. The fourth-order valence-electron chi connectivity index (χ4n) is 2.02. The van der Waals surface area contributed by atoms with Gasteiger partial charge in [0.2, 0.25) is 0 Å². The summed E-state index contributed by atoms with van der Waals surface area (Å²) in [5, 5.41) is 1.07. The van der Waals surface area contributed by atoms with Crippen molar-refractivity contribution in [2.24, 2.45) is 0 Å². The predicted octanol–water partition coefficient (Wildman–Crippen LogP) is 4.09. The van der Waals surface area contributed by atoms with Crippen molar-refractivity contribution in [2.45, 2.75) is 0 Å². The zero-order valence-electron chi connectivity index (χ0n) is 9.51. The summed E-state index contributed by atoms with van der Waals surface area (Å²) < 4.78 is 2.49. The zero-order chi connectivity index (χ0) is 12.5. The lowest BCUT2D eigenvalue weighted by Crippen LogP contribution is -2.11. The van der Waals surface area contributed by atoms with Crippen LogP contribution in [-0.2, 0) is 0 Å². The maximum atomic E-state index is 12.5. The van der Waals surface area contributed by atoms with E-state index in [2.05, 4.69) is 15.9 Å². The molecule has 0 saturated carbocycles. The summed E-state index contributed by atoms with van der Waals surface area (Å²) in [4.78, 5) is 12.5. The zero-order valence-corrected chi connectivity index (χ0v) is 11.1. The van der Waals surface area contributed by atoms with Gasteiger partial charge in [0.15, 0.2) is 0 Å². The molecule has 3 aromatic rings. The highest BCUT2D eigenvalue weighted by Gasteiger charge is 2.13. The molecule has 0 fully saturated rings. The molecule has 3 rings (SSSR count). The summed E-state index contributed by atoms with van der Waals surface area (Å²) >= 11 is 3.41. The summed E-state index contributed by atoms with van der Waals surface area (Å²) in [6.45, 7) is 0. The van der Waals surface area contributed by atoms with Gasteiger partial charge >= 0.3 is 0 Å². The first-order chi connectivity index (χ1) is 8.77. The lowest BCUT2D eigenvalue weighted by Gasteiger charge is -2.05. The van der Waals surface area contributed by atoms with E-state index in [-0.39, 0.29) is 5.91 Å². The van der Waals surface area contributed by atoms with Gasteiger partial charge in [-0.25, -0.2) is 0 Å². The molecule has 1 aromatic heterocycles. The number of carbonyl (C=O) groups excluding carboxylic acids is 1. The van der Waals surface area contributed by atoms with E-state index in [1.165, 1.54) is 0 Å². The number of halogens is 1. The van der Waals surface area contributed by atoms with Crippen LogP contribution in [0, 0.1) is 0 Å². The van der Waals surface area contributed by atoms with Gasteiger partial charge < -0.3 is 0 Å². The van der Waals surface area contributed by atoms with Crippen LogP contribution >= 0.6 is 15.9 Å². The highest BCUT2D eigenvalue weighted by molar-refractivity contribution is 9.10. The van der Waals surface area contributed by atoms with Gasteiger partial charge in [0.05, 0.1) is 11.1 Å². The fraction of sp³-hybridized carbons (Fsp3) is 0. The van der Waals surface area contributed by atoms with Crippen molar-refractivity contribution >= 4 is 32.7 Å². The van der Waals surface area contributed by atoms with Crippen molar-refractivity contribution in [3.05, 3.63) is 70.8 Å². The second-order valence-corrected chi connectivity index (χ2v) is 4.88. The van der Waals surface area contributed by atoms with E-state index in [0.29, 0.717) is 5.56 Å². The number of hydrogen-bond acceptors (Lipinski definition) is 1. The predicted molar refractivity (Wildman–Crippen MR) is 75.8 cm³/mol. The Morgan fingerprint density at radius 2 is 1.67 bits per heavy atom. The van der Waals surface area contributed by atoms with Gasteiger partial charge in [-0.15, -0.1) is 0 Å². The number of para-hydroxylation sites is 1. The van der Waals surface area contributed by atoms with Gasteiger partial charge in [0.25, 0.3) is 5.91 Å². The molecule has 0 N–H and O–H groups in total. The molecule has 3 heteroatoms. The Kier molecular flexibility index (Phi) is 2.76. The molecule has 0 spiro atoms. The van der Waals surface area contributed by atoms with Crippen molar-refractivity contribution in [3.8, 4) is 0 Å². The van der Waals surface area contributed by atoms with E-state index in [9.17, 15) is 4.79 Å². The maximum Gasteiger partial charge on any atom is 0.263 e. The van der Waals surface area contributed by atoms with Crippen molar-refractivity contribution in [3.63, 3.8) is 0 Å². The molecule has 2 nitrogen and oxygen atoms in total. The van der Waals surface area contributed by atoms with E-state index >= 15 is 0 Å². The van der Waals surface area contributed by atoms with Crippen LogP contribution in [0.1, 0.15) is 10.4 Å². The van der Waals surface area contributed by atoms with Gasteiger partial charge in [-0.2, -0.15) is 0 Å². The van der Waals surface area contributed by atoms with Gasteiger partial charge in [-0.05, 0) is 40.2 Å². The molecule has 0 amide bonds. The standard InChI is InChI=1S/C15H10BrNO/c16-13-7-3-2-6-12(13)15(18)17-10-9-11-5-1-4-8-14(11)17/h1-10H. The average Bonchev–Trinajstić information content (AvgIpc) is 2.82. The van der Waals surface area contributed by atoms with Crippen molar-refractivity contribution in [1.29, 1.82) is 0 Å². The topological polar surface area (TPSA) is 22.0 Å². The normalized spacial score (nSPS) is 10.7. The van der Waals surface area contributed by atoms with E-state index in [1.807, 2.05) is 60.8 Å². The number of fused-ring (bicyclic) bond motifs is 1. The molecule has 1 heterocycles. The minimum Gasteiger partial charge on any atom is -0.283 e. The number of aromatic nitrogens is 1. The third-order valence-corrected chi connectivity index (χ3v) is 3.61. The van der Waals surface area contributed by atoms with Crippen molar-refractivity contribution < 1.29 is 4.79 Å². The molecule has 18 heavy (non-hydrogen) atoms. The molecule has 0 aliphatic carbocycles. The van der Waals surface area contributed by atoms with Gasteiger partial charge in [0, 0.05) is 16.1 Å². The second-order valence-electron chi connectivity index (χ2n) is 4.03. The minimum absolute atomic E-state index is 0.0244. The quantitative estimate of drug-likeness (QED) is 0.663. The third kappa shape index (κ3) is 1.77.